The number of carbonyl (C=O) groups is 5. The minimum absolute atomic E-state index is 0.00559. The lowest BCUT2D eigenvalue weighted by atomic mass is 9.86. The lowest BCUT2D eigenvalue weighted by Gasteiger charge is -2.31. The fourth-order valence-electron chi connectivity index (χ4n) is 6.59. The standard InChI is InChI=1S/C36H41N5O12S/c1-4-36(48)22-10-26-31-19(13-41(26)33(45)20(22)14-51-35(36)47)21(18-9-27-28(53-17-52-27)11-24(18)40-31)15-54-16-25(32(44)38-12-30(43)49-5-2)39-29(42)8-7-23(37)34(46)50-6-3/h9-11,23,25,48H,4-8,12-17,37H2,1-3H3,(H,38,44)(H,39,42)/t23?,25?,36-/m0/s1. The second kappa shape index (κ2) is 16.0. The number of benzene rings is 1. The van der Waals surface area contributed by atoms with Crippen LogP contribution in [0.4, 0.5) is 0 Å². The van der Waals surface area contributed by atoms with Crippen molar-refractivity contribution in [1.82, 2.24) is 20.2 Å². The predicted molar refractivity (Wildman–Crippen MR) is 192 cm³/mol. The van der Waals surface area contributed by atoms with E-state index in [-0.39, 0.29) is 75.1 Å². The van der Waals surface area contributed by atoms with Crippen LogP contribution in [0.2, 0.25) is 0 Å². The largest absolute Gasteiger partial charge is 0.465 e. The van der Waals surface area contributed by atoms with Crippen LogP contribution in [0.25, 0.3) is 22.3 Å². The number of aromatic nitrogens is 2. The smallest absolute Gasteiger partial charge is 0.343 e. The van der Waals surface area contributed by atoms with Gasteiger partial charge in [-0.1, -0.05) is 6.92 Å². The minimum Gasteiger partial charge on any atom is -0.465 e. The first-order valence-electron chi connectivity index (χ1n) is 17.5. The molecule has 18 heteroatoms. The number of esters is 3. The van der Waals surface area contributed by atoms with E-state index < -0.39 is 59.5 Å². The number of aliphatic hydroxyl groups is 1. The zero-order valence-corrected chi connectivity index (χ0v) is 30.8. The molecule has 5 heterocycles. The molecule has 0 fully saturated rings. The Bertz CT molecular complexity index is 2090. The molecule has 0 spiro atoms. The summed E-state index contributed by atoms with van der Waals surface area (Å²) < 4.78 is 27.8. The summed E-state index contributed by atoms with van der Waals surface area (Å²) in [5, 5.41) is 17.2. The van der Waals surface area contributed by atoms with E-state index in [4.69, 9.17) is 34.4 Å². The van der Waals surface area contributed by atoms with E-state index in [0.717, 1.165) is 5.56 Å². The number of ether oxygens (including phenoxy) is 5. The Hall–Kier alpha value is -5.20. The number of nitrogens with one attached hydrogen (secondary N) is 2. The van der Waals surface area contributed by atoms with Crippen molar-refractivity contribution in [1.29, 1.82) is 0 Å². The number of amides is 2. The first-order valence-corrected chi connectivity index (χ1v) is 18.7. The summed E-state index contributed by atoms with van der Waals surface area (Å²) in [4.78, 5) is 81.8. The summed E-state index contributed by atoms with van der Waals surface area (Å²) >= 11 is 1.31. The van der Waals surface area contributed by atoms with Gasteiger partial charge in [0.2, 0.25) is 18.6 Å². The molecule has 3 atom stereocenters. The van der Waals surface area contributed by atoms with E-state index in [9.17, 15) is 33.9 Å². The van der Waals surface area contributed by atoms with Crippen LogP contribution >= 0.6 is 11.8 Å². The van der Waals surface area contributed by atoms with Crippen molar-refractivity contribution >= 4 is 52.4 Å². The molecule has 3 aliphatic heterocycles. The maximum Gasteiger partial charge on any atom is 0.343 e. The fourth-order valence-corrected chi connectivity index (χ4v) is 7.72. The third kappa shape index (κ3) is 7.45. The highest BCUT2D eigenvalue weighted by Crippen LogP contribution is 2.44. The van der Waals surface area contributed by atoms with Crippen molar-refractivity contribution in [2.75, 3.05) is 32.3 Å². The van der Waals surface area contributed by atoms with Gasteiger partial charge in [0.05, 0.1) is 42.2 Å². The van der Waals surface area contributed by atoms with Crippen LogP contribution in [0.3, 0.4) is 0 Å². The van der Waals surface area contributed by atoms with Crippen molar-refractivity contribution < 1.29 is 52.8 Å². The highest BCUT2D eigenvalue weighted by atomic mass is 32.2. The summed E-state index contributed by atoms with van der Waals surface area (Å²) in [5.74, 6) is -1.96. The molecule has 2 amide bonds. The van der Waals surface area contributed by atoms with E-state index in [0.29, 0.717) is 39.4 Å². The molecule has 1 aromatic carbocycles. The van der Waals surface area contributed by atoms with Crippen LogP contribution in [0.15, 0.2) is 23.0 Å². The normalized spacial score (nSPS) is 17.5. The average molecular weight is 768 g/mol. The van der Waals surface area contributed by atoms with Crippen LogP contribution in [0, 0.1) is 0 Å². The number of carbonyl (C=O) groups excluding carboxylic acids is 5. The molecule has 5 N–H and O–H groups in total. The number of fused-ring (bicyclic) bond motifs is 6. The predicted octanol–water partition coefficient (Wildman–Crippen LogP) is 0.876. The van der Waals surface area contributed by atoms with E-state index in [1.807, 2.05) is 0 Å². The first-order chi connectivity index (χ1) is 25.9. The van der Waals surface area contributed by atoms with Gasteiger partial charge >= 0.3 is 17.9 Å². The molecule has 0 saturated carbocycles. The Kier molecular flexibility index (Phi) is 11.4. The number of pyridine rings is 2. The zero-order chi connectivity index (χ0) is 38.7. The number of nitrogens with two attached hydrogens (primary N) is 1. The molecule has 6 rings (SSSR count). The fraction of sp³-hybridized carbons (Fsp3) is 0.472. The second-order valence-corrected chi connectivity index (χ2v) is 13.8. The van der Waals surface area contributed by atoms with Crippen LogP contribution in [-0.4, -0.2) is 88.8 Å². The van der Waals surface area contributed by atoms with E-state index in [1.165, 1.54) is 16.3 Å². The molecule has 288 valence electrons. The van der Waals surface area contributed by atoms with Crippen LogP contribution in [0.5, 0.6) is 11.5 Å². The molecule has 17 nitrogen and oxygen atoms in total. The Labute approximate surface area is 313 Å². The summed E-state index contributed by atoms with van der Waals surface area (Å²) in [7, 11) is 0. The topological polar surface area (TPSA) is 237 Å². The molecule has 0 bridgehead atoms. The molecule has 0 aliphatic carbocycles. The van der Waals surface area contributed by atoms with Crippen molar-refractivity contribution in [2.24, 2.45) is 5.73 Å². The number of rotatable bonds is 15. The number of thioether (sulfide) groups is 1. The Morgan fingerprint density at radius 2 is 1.80 bits per heavy atom. The first kappa shape index (κ1) is 38.5. The Morgan fingerprint density at radius 3 is 2.52 bits per heavy atom. The van der Waals surface area contributed by atoms with Gasteiger partial charge in [0, 0.05) is 40.5 Å². The van der Waals surface area contributed by atoms with Crippen molar-refractivity contribution in [3.63, 3.8) is 0 Å². The second-order valence-electron chi connectivity index (χ2n) is 12.8. The van der Waals surface area contributed by atoms with Crippen molar-refractivity contribution in [2.45, 2.75) is 76.6 Å². The van der Waals surface area contributed by atoms with E-state index >= 15 is 0 Å². The van der Waals surface area contributed by atoms with E-state index in [2.05, 4.69) is 10.6 Å². The van der Waals surface area contributed by atoms with Gasteiger partial charge in [0.15, 0.2) is 17.1 Å². The van der Waals surface area contributed by atoms with Gasteiger partial charge < -0.3 is 49.7 Å². The summed E-state index contributed by atoms with van der Waals surface area (Å²) in [6.45, 7) is 4.65. The Morgan fingerprint density at radius 1 is 1.06 bits per heavy atom. The molecular weight excluding hydrogens is 726 g/mol. The maximum absolute atomic E-state index is 13.9. The van der Waals surface area contributed by atoms with Crippen LogP contribution < -0.4 is 31.4 Å². The monoisotopic (exact) mass is 767 g/mol. The summed E-state index contributed by atoms with van der Waals surface area (Å²) in [5.41, 5.74) is 6.73. The highest BCUT2D eigenvalue weighted by molar-refractivity contribution is 7.98. The number of hydrogen-bond donors (Lipinski definition) is 4. The summed E-state index contributed by atoms with van der Waals surface area (Å²) in [6, 6.07) is 3.04. The molecule has 2 unspecified atom stereocenters. The number of cyclic esters (lactones) is 1. The average Bonchev–Trinajstić information content (AvgIpc) is 3.77. The van der Waals surface area contributed by atoms with Crippen molar-refractivity contribution in [3.05, 3.63) is 50.8 Å². The van der Waals surface area contributed by atoms with Crippen LogP contribution in [0.1, 0.15) is 62.3 Å². The number of nitrogens with zero attached hydrogens (tertiary/aromatic N) is 2. The SMILES string of the molecule is CCOC(=O)CNC(=O)C(CSCc1c2c(nc3cc4c(cc13)OCO4)-c1cc3c(c(=O)n1C2)COC(=O)[C@]3(O)CC)NC(=O)CCC(N)C(=O)OCC. The maximum atomic E-state index is 13.9. The number of hydrogen-bond acceptors (Lipinski definition) is 15. The van der Waals surface area contributed by atoms with Gasteiger partial charge in [0.1, 0.15) is 25.2 Å². The minimum atomic E-state index is -2.00. The van der Waals surface area contributed by atoms with Gasteiger partial charge in [0.25, 0.3) is 5.56 Å². The molecule has 0 saturated heterocycles. The van der Waals surface area contributed by atoms with Gasteiger partial charge in [-0.25, -0.2) is 9.78 Å². The van der Waals surface area contributed by atoms with Gasteiger partial charge in [-0.3, -0.25) is 24.0 Å². The zero-order valence-electron chi connectivity index (χ0n) is 30.0. The lowest BCUT2D eigenvalue weighted by Crippen LogP contribution is -2.49. The molecule has 54 heavy (non-hydrogen) atoms. The molecule has 3 aromatic rings. The quantitative estimate of drug-likeness (QED) is 0.0971. The summed E-state index contributed by atoms with van der Waals surface area (Å²) in [6.07, 6.45) is -0.184. The molecule has 0 radical (unpaired) electrons. The van der Waals surface area contributed by atoms with Crippen LogP contribution in [-0.2, 0) is 62.7 Å². The molecule has 3 aliphatic rings. The van der Waals surface area contributed by atoms with Crippen molar-refractivity contribution in [3.8, 4) is 22.9 Å². The van der Waals surface area contributed by atoms with Gasteiger partial charge in [-0.15, -0.1) is 0 Å². The van der Waals surface area contributed by atoms with Gasteiger partial charge in [-0.2, -0.15) is 11.8 Å². The third-order valence-electron chi connectivity index (χ3n) is 9.47. The van der Waals surface area contributed by atoms with Gasteiger partial charge in [-0.05, 0) is 44.4 Å². The molecule has 2 aromatic heterocycles. The highest BCUT2D eigenvalue weighted by Gasteiger charge is 2.45. The lowest BCUT2D eigenvalue weighted by molar-refractivity contribution is -0.172. The molecular formula is C36H41N5O12S. The third-order valence-corrected chi connectivity index (χ3v) is 10.5. The van der Waals surface area contributed by atoms with E-state index in [1.54, 1.807) is 39.0 Å². The Balaban J connectivity index is 1.30.